The number of anilines is 2. The van der Waals surface area contributed by atoms with E-state index in [4.69, 9.17) is 21.7 Å². The molecule has 168 valence electrons. The molecule has 1 N–H and O–H groups in total. The summed E-state index contributed by atoms with van der Waals surface area (Å²) >= 11 is 7.70. The largest absolute Gasteiger partial charge is 0.356 e. The minimum Gasteiger partial charge on any atom is -0.356 e. The number of halogens is 1. The molecule has 7 nitrogen and oxygen atoms in total. The smallest absolute Gasteiger partial charge is 0.256 e. The first-order valence-corrected chi connectivity index (χ1v) is 12.7. The van der Waals surface area contributed by atoms with E-state index >= 15 is 0 Å². The predicted molar refractivity (Wildman–Crippen MR) is 131 cm³/mol. The molecule has 2 aromatic heterocycles. The van der Waals surface area contributed by atoms with Crippen LogP contribution in [-0.4, -0.2) is 51.3 Å². The lowest BCUT2D eigenvalue weighted by molar-refractivity contribution is 0.0607. The third-order valence-electron chi connectivity index (χ3n) is 6.31. The second-order valence-corrected chi connectivity index (χ2v) is 9.52. The van der Waals surface area contributed by atoms with Crippen LogP contribution in [0.4, 0.5) is 11.5 Å². The number of piperidine rings is 1. The Bertz CT molecular complexity index is 1160. The fourth-order valence-electron chi connectivity index (χ4n) is 4.56. The van der Waals surface area contributed by atoms with Gasteiger partial charge < -0.3 is 14.5 Å². The van der Waals surface area contributed by atoms with Crippen LogP contribution in [-0.2, 0) is 0 Å². The molecule has 2 fully saturated rings. The van der Waals surface area contributed by atoms with Gasteiger partial charge in [0.05, 0.1) is 23.0 Å². The van der Waals surface area contributed by atoms with Crippen molar-refractivity contribution in [3.8, 4) is 0 Å². The first-order chi connectivity index (χ1) is 15.5. The lowest BCUT2D eigenvalue weighted by Crippen LogP contribution is -2.39. The van der Waals surface area contributed by atoms with E-state index in [1.165, 1.54) is 18.4 Å². The minimum absolute atomic E-state index is 0.0174. The molecule has 0 bridgehead atoms. The van der Waals surface area contributed by atoms with Gasteiger partial charge in [0.1, 0.15) is 5.82 Å². The Morgan fingerprint density at radius 3 is 2.78 bits per heavy atom. The highest BCUT2D eigenvalue weighted by molar-refractivity contribution is 7.99. The average Bonchev–Trinajstić information content (AvgIpc) is 3.16. The van der Waals surface area contributed by atoms with Gasteiger partial charge in [-0.3, -0.25) is 4.79 Å². The second-order valence-electron chi connectivity index (χ2n) is 8.47. The number of likely N-dealkylation sites (tertiary alicyclic amines) is 1. The molecule has 0 aliphatic carbocycles. The number of carbonyl (C=O) groups excluding carboxylic acids is 1. The van der Waals surface area contributed by atoms with Crippen molar-refractivity contribution in [3.05, 3.63) is 52.3 Å². The van der Waals surface area contributed by atoms with Crippen molar-refractivity contribution >= 4 is 46.6 Å². The van der Waals surface area contributed by atoms with E-state index in [0.717, 1.165) is 60.8 Å². The van der Waals surface area contributed by atoms with Crippen molar-refractivity contribution in [1.82, 2.24) is 19.5 Å². The van der Waals surface area contributed by atoms with Gasteiger partial charge in [-0.15, -0.1) is 0 Å². The maximum absolute atomic E-state index is 13.7. The summed E-state index contributed by atoms with van der Waals surface area (Å²) in [5.74, 6) is 1.02. The Morgan fingerprint density at radius 1 is 1.19 bits per heavy atom. The van der Waals surface area contributed by atoms with Gasteiger partial charge in [0.25, 0.3) is 5.91 Å². The highest BCUT2D eigenvalue weighted by Gasteiger charge is 2.32. The third-order valence-corrected chi connectivity index (χ3v) is 6.97. The van der Waals surface area contributed by atoms with Crippen molar-refractivity contribution in [3.63, 3.8) is 0 Å². The van der Waals surface area contributed by atoms with Gasteiger partial charge in [-0.2, -0.15) is 5.10 Å². The molecule has 1 aromatic carbocycles. The van der Waals surface area contributed by atoms with E-state index in [1.54, 1.807) is 12.1 Å². The Hall–Kier alpha value is -2.45. The van der Waals surface area contributed by atoms with E-state index < -0.39 is 0 Å². The third kappa shape index (κ3) is 3.90. The average molecular weight is 471 g/mol. The molecule has 5 rings (SSSR count). The van der Waals surface area contributed by atoms with Crippen LogP contribution < -0.4 is 9.62 Å². The molecule has 2 saturated heterocycles. The molecular weight excluding hydrogens is 444 g/mol. The van der Waals surface area contributed by atoms with E-state index in [9.17, 15) is 4.79 Å². The first-order valence-electron chi connectivity index (χ1n) is 11.1. The number of amides is 1. The highest BCUT2D eigenvalue weighted by Crippen LogP contribution is 2.34. The van der Waals surface area contributed by atoms with Crippen LogP contribution in [0.5, 0.6) is 0 Å². The Morgan fingerprint density at radius 2 is 2.03 bits per heavy atom. The number of aryl methyl sites for hydroxylation is 1. The van der Waals surface area contributed by atoms with Crippen molar-refractivity contribution in [1.29, 1.82) is 0 Å². The van der Waals surface area contributed by atoms with Crippen molar-refractivity contribution in [2.24, 2.45) is 0 Å². The van der Waals surface area contributed by atoms with Gasteiger partial charge >= 0.3 is 0 Å². The number of benzene rings is 1. The van der Waals surface area contributed by atoms with E-state index in [-0.39, 0.29) is 11.9 Å². The summed E-state index contributed by atoms with van der Waals surface area (Å²) in [6.45, 7) is 4.90. The van der Waals surface area contributed by atoms with Gasteiger partial charge in [-0.05, 0) is 50.8 Å². The number of nitrogens with one attached hydrogen (secondary N) is 1. The number of aromatic nitrogens is 3. The minimum atomic E-state index is -0.0770. The van der Waals surface area contributed by atoms with Crippen LogP contribution in [0.3, 0.4) is 0 Å². The van der Waals surface area contributed by atoms with Crippen LogP contribution in [0.1, 0.15) is 53.3 Å². The van der Waals surface area contributed by atoms with Crippen LogP contribution in [0.25, 0.3) is 5.65 Å². The molecule has 2 aliphatic heterocycles. The number of hydrogen-bond donors (Lipinski definition) is 1. The van der Waals surface area contributed by atoms with Crippen LogP contribution in [0.2, 0.25) is 5.02 Å². The molecule has 1 amide bonds. The fraction of sp³-hybridized carbons (Fsp3) is 0.435. The summed E-state index contributed by atoms with van der Waals surface area (Å²) in [6.07, 6.45) is 8.14. The standard InChI is InChI=1S/C23H27ClN6OS/c1-15-14-30-21(25-22(15)28-9-5-10-28)13-19(26-30)20-6-3-4-11-29(20)23(31)17-12-16(24)7-8-18(17)27-32-2/h7-8,12-14,20,27H,3-6,9-11H2,1-2H3. The molecule has 1 atom stereocenters. The summed E-state index contributed by atoms with van der Waals surface area (Å²) in [6, 6.07) is 7.38. The lowest BCUT2D eigenvalue weighted by atomic mass is 9.98. The van der Waals surface area contributed by atoms with Crippen molar-refractivity contribution in [2.45, 2.75) is 38.6 Å². The molecule has 9 heteroatoms. The van der Waals surface area contributed by atoms with Gasteiger partial charge in [-0.25, -0.2) is 9.50 Å². The van der Waals surface area contributed by atoms with E-state index in [1.807, 2.05) is 34.0 Å². The summed E-state index contributed by atoms with van der Waals surface area (Å²) in [7, 11) is 0. The monoisotopic (exact) mass is 470 g/mol. The number of hydrogen-bond acceptors (Lipinski definition) is 6. The molecule has 4 heterocycles. The normalized spacial score (nSPS) is 18.7. The molecule has 32 heavy (non-hydrogen) atoms. The number of nitrogens with zero attached hydrogens (tertiary/aromatic N) is 5. The summed E-state index contributed by atoms with van der Waals surface area (Å²) in [4.78, 5) is 22.8. The van der Waals surface area contributed by atoms with E-state index in [2.05, 4.69) is 16.5 Å². The van der Waals surface area contributed by atoms with Crippen molar-refractivity contribution < 1.29 is 4.79 Å². The highest BCUT2D eigenvalue weighted by atomic mass is 35.5. The number of rotatable bonds is 5. The van der Waals surface area contributed by atoms with Crippen molar-refractivity contribution in [2.75, 3.05) is 35.5 Å². The van der Waals surface area contributed by atoms with E-state index in [0.29, 0.717) is 17.1 Å². The zero-order valence-corrected chi connectivity index (χ0v) is 19.9. The topological polar surface area (TPSA) is 65.8 Å². The lowest BCUT2D eigenvalue weighted by Gasteiger charge is -2.35. The van der Waals surface area contributed by atoms with Gasteiger partial charge in [0.2, 0.25) is 0 Å². The maximum atomic E-state index is 13.7. The molecule has 0 radical (unpaired) electrons. The van der Waals surface area contributed by atoms with Crippen LogP contribution in [0, 0.1) is 6.92 Å². The predicted octanol–water partition coefficient (Wildman–Crippen LogP) is 4.96. The Balaban J connectivity index is 1.49. The first kappa shape index (κ1) is 21.4. The number of fused-ring (bicyclic) bond motifs is 1. The van der Waals surface area contributed by atoms with Crippen LogP contribution in [0.15, 0.2) is 30.5 Å². The summed E-state index contributed by atoms with van der Waals surface area (Å²) in [5, 5.41) is 5.40. The fourth-order valence-corrected chi connectivity index (χ4v) is 5.13. The zero-order valence-electron chi connectivity index (χ0n) is 18.3. The Kier molecular flexibility index (Phi) is 5.90. The quantitative estimate of drug-likeness (QED) is 0.532. The number of carbonyl (C=O) groups is 1. The van der Waals surface area contributed by atoms with Gasteiger partial charge in [-0.1, -0.05) is 23.5 Å². The molecular formula is C23H27ClN6OS. The second kappa shape index (κ2) is 8.83. The van der Waals surface area contributed by atoms with Crippen LogP contribution >= 0.6 is 23.5 Å². The van der Waals surface area contributed by atoms with Gasteiger partial charge in [0.15, 0.2) is 5.65 Å². The summed E-state index contributed by atoms with van der Waals surface area (Å²) < 4.78 is 5.06. The molecule has 0 spiro atoms. The molecule has 2 aliphatic rings. The molecule has 1 unspecified atom stereocenters. The van der Waals surface area contributed by atoms with Gasteiger partial charge in [0, 0.05) is 48.7 Å². The Labute approximate surface area is 197 Å². The summed E-state index contributed by atoms with van der Waals surface area (Å²) in [5.41, 5.74) is 4.22. The maximum Gasteiger partial charge on any atom is 0.256 e. The SMILES string of the molecule is CSNc1ccc(Cl)cc1C(=O)N1CCCCC1c1cc2nc(N3CCC3)c(C)cn2n1. The molecule has 3 aromatic rings. The molecule has 0 saturated carbocycles. The zero-order chi connectivity index (χ0) is 22.2.